The lowest BCUT2D eigenvalue weighted by Crippen LogP contribution is -2.61. The second kappa shape index (κ2) is 5.39. The molecule has 1 atom stereocenters. The van der Waals surface area contributed by atoms with Gasteiger partial charge in [-0.2, -0.15) is 11.8 Å². The summed E-state index contributed by atoms with van der Waals surface area (Å²) in [6.45, 7) is 8.03. The van der Waals surface area contributed by atoms with Crippen LogP contribution in [0.3, 0.4) is 0 Å². The molecule has 1 unspecified atom stereocenters. The fourth-order valence-corrected chi connectivity index (χ4v) is 4.64. The van der Waals surface area contributed by atoms with Gasteiger partial charge in [0.25, 0.3) is 0 Å². The zero-order chi connectivity index (χ0) is 13.2. The van der Waals surface area contributed by atoms with Crippen LogP contribution in [0.2, 0.25) is 0 Å². The van der Waals surface area contributed by atoms with Crippen LogP contribution in [0.1, 0.15) is 26.7 Å². The van der Waals surface area contributed by atoms with E-state index in [1.54, 1.807) is 11.8 Å². The number of carbonyl (C=O) groups is 1. The topological polar surface area (TPSA) is 52.6 Å². The Bertz CT molecular complexity index is 314. The van der Waals surface area contributed by atoms with Crippen LogP contribution in [-0.4, -0.2) is 59.2 Å². The normalized spacial score (nSPS) is 33.9. The molecule has 2 aliphatic heterocycles. The van der Waals surface area contributed by atoms with Gasteiger partial charge >= 0.3 is 5.97 Å². The maximum atomic E-state index is 11.9. The fraction of sp³-hybridized carbons (Fsp3) is 0.923. The quantitative estimate of drug-likeness (QED) is 0.793. The van der Waals surface area contributed by atoms with Gasteiger partial charge in [0.1, 0.15) is 5.54 Å². The number of carboxylic acids is 1. The van der Waals surface area contributed by atoms with Crippen LogP contribution in [-0.2, 0) is 4.79 Å². The fourth-order valence-electron chi connectivity index (χ4n) is 3.14. The van der Waals surface area contributed by atoms with E-state index in [0.29, 0.717) is 0 Å². The highest BCUT2D eigenvalue weighted by Crippen LogP contribution is 2.42. The van der Waals surface area contributed by atoms with Crippen molar-refractivity contribution >= 4 is 17.7 Å². The summed E-state index contributed by atoms with van der Waals surface area (Å²) in [6.07, 6.45) is 1.81. The van der Waals surface area contributed by atoms with Crippen molar-refractivity contribution in [2.24, 2.45) is 5.41 Å². The van der Waals surface area contributed by atoms with Crippen LogP contribution >= 0.6 is 11.8 Å². The molecule has 2 rings (SSSR count). The van der Waals surface area contributed by atoms with E-state index in [2.05, 4.69) is 24.1 Å². The standard InChI is InChI=1S/C13H24N2O2S/c1-12(2)8-13(11(16)17,10-18-9-12)15-6-3-4-14-5-7-15/h14H,3-10H2,1-2H3,(H,16,17). The molecule has 2 saturated heterocycles. The van der Waals surface area contributed by atoms with E-state index in [1.165, 1.54) is 0 Å². The molecule has 0 aromatic heterocycles. The van der Waals surface area contributed by atoms with Gasteiger partial charge in [-0.15, -0.1) is 0 Å². The third kappa shape index (κ3) is 2.83. The maximum absolute atomic E-state index is 11.9. The summed E-state index contributed by atoms with van der Waals surface area (Å²) in [6, 6.07) is 0. The molecule has 0 aliphatic carbocycles. The van der Waals surface area contributed by atoms with Crippen LogP contribution in [0.5, 0.6) is 0 Å². The van der Waals surface area contributed by atoms with Gasteiger partial charge in [0, 0.05) is 25.4 Å². The zero-order valence-corrected chi connectivity index (χ0v) is 12.2. The molecular formula is C13H24N2O2S. The number of nitrogens with zero attached hydrogens (tertiary/aromatic N) is 1. The van der Waals surface area contributed by atoms with E-state index in [9.17, 15) is 9.90 Å². The first-order valence-corrected chi connectivity index (χ1v) is 7.89. The van der Waals surface area contributed by atoms with Gasteiger partial charge in [0.2, 0.25) is 0 Å². The van der Waals surface area contributed by atoms with Crippen LogP contribution in [0.25, 0.3) is 0 Å². The molecule has 0 radical (unpaired) electrons. The highest BCUT2D eigenvalue weighted by atomic mass is 32.2. The average Bonchev–Trinajstić information content (AvgIpc) is 2.55. The molecule has 2 aliphatic rings. The van der Waals surface area contributed by atoms with Gasteiger partial charge in [0.05, 0.1) is 0 Å². The summed E-state index contributed by atoms with van der Waals surface area (Å²) in [4.78, 5) is 14.1. The molecule has 0 aromatic rings. The van der Waals surface area contributed by atoms with Gasteiger partial charge in [-0.25, -0.2) is 0 Å². The molecule has 18 heavy (non-hydrogen) atoms. The van der Waals surface area contributed by atoms with E-state index in [-0.39, 0.29) is 5.41 Å². The lowest BCUT2D eigenvalue weighted by atomic mass is 9.78. The molecule has 5 heteroatoms. The van der Waals surface area contributed by atoms with Gasteiger partial charge < -0.3 is 10.4 Å². The van der Waals surface area contributed by atoms with Crippen LogP contribution in [0.15, 0.2) is 0 Å². The van der Waals surface area contributed by atoms with Crippen molar-refractivity contribution in [2.75, 3.05) is 37.7 Å². The molecule has 2 heterocycles. The van der Waals surface area contributed by atoms with E-state index in [0.717, 1.165) is 50.5 Å². The summed E-state index contributed by atoms with van der Waals surface area (Å²) in [5.74, 6) is 1.16. The second-order valence-corrected chi connectivity index (χ2v) is 7.25. The minimum absolute atomic E-state index is 0.112. The molecule has 0 saturated carbocycles. The molecule has 0 bridgehead atoms. The number of hydrogen-bond donors (Lipinski definition) is 2. The number of thioether (sulfide) groups is 1. The summed E-state index contributed by atoms with van der Waals surface area (Å²) in [5, 5.41) is 13.1. The molecular weight excluding hydrogens is 248 g/mol. The molecule has 2 fully saturated rings. The Balaban J connectivity index is 2.22. The summed E-state index contributed by atoms with van der Waals surface area (Å²) < 4.78 is 0. The Morgan fingerprint density at radius 2 is 2.06 bits per heavy atom. The molecule has 104 valence electrons. The first-order valence-electron chi connectivity index (χ1n) is 6.73. The number of nitrogens with one attached hydrogen (secondary N) is 1. The predicted molar refractivity (Wildman–Crippen MR) is 75.1 cm³/mol. The van der Waals surface area contributed by atoms with E-state index < -0.39 is 11.5 Å². The number of carboxylic acid groups (broad SMARTS) is 1. The highest BCUT2D eigenvalue weighted by Gasteiger charge is 2.50. The largest absolute Gasteiger partial charge is 0.480 e. The second-order valence-electron chi connectivity index (χ2n) is 6.26. The van der Waals surface area contributed by atoms with E-state index >= 15 is 0 Å². The maximum Gasteiger partial charge on any atom is 0.325 e. The van der Waals surface area contributed by atoms with E-state index in [1.807, 2.05) is 0 Å². The lowest BCUT2D eigenvalue weighted by Gasteiger charge is -2.47. The van der Waals surface area contributed by atoms with Crippen molar-refractivity contribution in [3.8, 4) is 0 Å². The minimum atomic E-state index is -0.654. The SMILES string of the molecule is CC1(C)CSCC(C(=O)O)(N2CCCNCC2)C1. The Labute approximate surface area is 113 Å². The first-order chi connectivity index (χ1) is 8.46. The van der Waals surface area contributed by atoms with Crippen molar-refractivity contribution in [3.05, 3.63) is 0 Å². The number of rotatable bonds is 2. The zero-order valence-electron chi connectivity index (χ0n) is 11.4. The monoisotopic (exact) mass is 272 g/mol. The van der Waals surface area contributed by atoms with Crippen LogP contribution < -0.4 is 5.32 Å². The molecule has 2 N–H and O–H groups in total. The van der Waals surface area contributed by atoms with Crippen LogP contribution in [0, 0.1) is 5.41 Å². The Hall–Kier alpha value is -0.260. The minimum Gasteiger partial charge on any atom is -0.480 e. The van der Waals surface area contributed by atoms with Crippen LogP contribution in [0.4, 0.5) is 0 Å². The third-order valence-electron chi connectivity index (χ3n) is 3.95. The van der Waals surface area contributed by atoms with Crippen molar-refractivity contribution in [2.45, 2.75) is 32.2 Å². The molecule has 4 nitrogen and oxygen atoms in total. The van der Waals surface area contributed by atoms with Gasteiger partial charge in [-0.05, 0) is 30.6 Å². The average molecular weight is 272 g/mol. The summed E-state index contributed by atoms with van der Waals surface area (Å²) in [5.41, 5.74) is -0.542. The molecule has 0 amide bonds. The smallest absolute Gasteiger partial charge is 0.325 e. The van der Waals surface area contributed by atoms with Crippen molar-refractivity contribution < 1.29 is 9.90 Å². The van der Waals surface area contributed by atoms with Gasteiger partial charge in [-0.1, -0.05) is 13.8 Å². The van der Waals surface area contributed by atoms with E-state index in [4.69, 9.17) is 0 Å². The summed E-state index contributed by atoms with van der Waals surface area (Å²) in [7, 11) is 0. The van der Waals surface area contributed by atoms with Crippen molar-refractivity contribution in [1.82, 2.24) is 10.2 Å². The third-order valence-corrected chi connectivity index (χ3v) is 5.62. The first kappa shape index (κ1) is 14.2. The Morgan fingerprint density at radius 1 is 1.28 bits per heavy atom. The highest BCUT2D eigenvalue weighted by molar-refractivity contribution is 7.99. The Kier molecular flexibility index (Phi) is 4.24. The number of aliphatic carboxylic acids is 1. The van der Waals surface area contributed by atoms with Crippen molar-refractivity contribution in [3.63, 3.8) is 0 Å². The number of hydrogen-bond acceptors (Lipinski definition) is 4. The van der Waals surface area contributed by atoms with Crippen molar-refractivity contribution in [1.29, 1.82) is 0 Å². The summed E-state index contributed by atoms with van der Waals surface area (Å²) >= 11 is 1.79. The predicted octanol–water partition coefficient (Wildman–Crippen LogP) is 1.27. The van der Waals surface area contributed by atoms with Gasteiger partial charge in [-0.3, -0.25) is 9.69 Å². The Morgan fingerprint density at radius 3 is 2.72 bits per heavy atom. The van der Waals surface area contributed by atoms with Gasteiger partial charge in [0.15, 0.2) is 0 Å². The lowest BCUT2D eigenvalue weighted by molar-refractivity contribution is -0.152. The molecule has 0 aromatic carbocycles. The molecule has 0 spiro atoms.